The Balaban J connectivity index is 1.97. The van der Waals surface area contributed by atoms with Gasteiger partial charge in [-0.05, 0) is 32.4 Å². The third kappa shape index (κ3) is 4.78. The lowest BCUT2D eigenvalue weighted by atomic mass is 10.1. The minimum absolute atomic E-state index is 0.237. The lowest BCUT2D eigenvalue weighted by molar-refractivity contribution is -0.111. The molecule has 0 unspecified atom stereocenters. The molecule has 1 atom stereocenters. The van der Waals surface area contributed by atoms with E-state index in [1.54, 1.807) is 0 Å². The monoisotopic (exact) mass is 211 g/mol. The number of unbranched alkanes of at least 4 members (excludes halogenated alkanes) is 5. The van der Waals surface area contributed by atoms with E-state index in [0.29, 0.717) is 0 Å². The molecular weight excluding hydrogens is 186 g/mol. The van der Waals surface area contributed by atoms with Crippen LogP contribution in [-0.4, -0.2) is 30.3 Å². The van der Waals surface area contributed by atoms with Gasteiger partial charge >= 0.3 is 0 Å². The zero-order valence-corrected chi connectivity index (χ0v) is 10.1. The van der Waals surface area contributed by atoms with Crippen LogP contribution in [0.4, 0.5) is 0 Å². The summed E-state index contributed by atoms with van der Waals surface area (Å²) in [7, 11) is 0. The fraction of sp³-hybridized carbons (Fsp3) is 0.923. The Bertz CT molecular complexity index is 170. The number of nitrogens with zero attached hydrogens (tertiary/aromatic N) is 1. The fourth-order valence-corrected chi connectivity index (χ4v) is 2.38. The predicted octanol–water partition coefficient (Wildman–Crippen LogP) is 3.01. The molecule has 0 radical (unpaired) electrons. The number of carbonyl (C=O) groups excluding carboxylic acids is 1. The molecule has 15 heavy (non-hydrogen) atoms. The SMILES string of the molecule is CCCCCCCCN1CCC[C@H]1C=O. The average Bonchev–Trinajstić information content (AvgIpc) is 2.70. The lowest BCUT2D eigenvalue weighted by Crippen LogP contribution is -2.31. The Morgan fingerprint density at radius 3 is 2.67 bits per heavy atom. The van der Waals surface area contributed by atoms with E-state index in [0.717, 1.165) is 25.8 Å². The molecule has 0 saturated carbocycles. The molecule has 1 fully saturated rings. The maximum Gasteiger partial charge on any atom is 0.137 e. The predicted molar refractivity (Wildman–Crippen MR) is 64.0 cm³/mol. The highest BCUT2D eigenvalue weighted by molar-refractivity contribution is 5.58. The second-order valence-corrected chi connectivity index (χ2v) is 4.65. The molecule has 1 aliphatic rings. The minimum Gasteiger partial charge on any atom is -0.302 e. The van der Waals surface area contributed by atoms with Crippen molar-refractivity contribution in [2.45, 2.75) is 64.3 Å². The Kier molecular flexibility index (Phi) is 6.66. The van der Waals surface area contributed by atoms with Crippen LogP contribution in [0.3, 0.4) is 0 Å². The van der Waals surface area contributed by atoms with Crippen molar-refractivity contribution in [3.8, 4) is 0 Å². The minimum atomic E-state index is 0.237. The molecule has 0 bridgehead atoms. The summed E-state index contributed by atoms with van der Waals surface area (Å²) in [5.74, 6) is 0. The van der Waals surface area contributed by atoms with Gasteiger partial charge in [0.25, 0.3) is 0 Å². The van der Waals surface area contributed by atoms with E-state index in [2.05, 4.69) is 11.8 Å². The van der Waals surface area contributed by atoms with Crippen LogP contribution >= 0.6 is 0 Å². The van der Waals surface area contributed by atoms with Crippen LogP contribution in [0, 0.1) is 0 Å². The summed E-state index contributed by atoms with van der Waals surface area (Å²) in [5, 5.41) is 0. The van der Waals surface area contributed by atoms with Gasteiger partial charge in [0, 0.05) is 0 Å². The van der Waals surface area contributed by atoms with Gasteiger partial charge in [-0.1, -0.05) is 39.0 Å². The molecule has 1 saturated heterocycles. The Labute approximate surface area is 94.0 Å². The molecule has 0 aliphatic carbocycles. The zero-order chi connectivity index (χ0) is 10.9. The number of hydrogen-bond donors (Lipinski definition) is 0. The number of rotatable bonds is 8. The summed E-state index contributed by atoms with van der Waals surface area (Å²) in [5.41, 5.74) is 0. The Morgan fingerprint density at radius 1 is 1.20 bits per heavy atom. The lowest BCUT2D eigenvalue weighted by Gasteiger charge is -2.19. The van der Waals surface area contributed by atoms with Gasteiger partial charge in [-0.3, -0.25) is 4.90 Å². The van der Waals surface area contributed by atoms with E-state index in [9.17, 15) is 4.79 Å². The second-order valence-electron chi connectivity index (χ2n) is 4.65. The van der Waals surface area contributed by atoms with Crippen molar-refractivity contribution in [1.82, 2.24) is 4.90 Å². The molecule has 0 amide bonds. The fourth-order valence-electron chi connectivity index (χ4n) is 2.38. The molecule has 0 spiro atoms. The van der Waals surface area contributed by atoms with Crippen molar-refractivity contribution in [3.05, 3.63) is 0 Å². The highest BCUT2D eigenvalue weighted by atomic mass is 16.1. The van der Waals surface area contributed by atoms with Crippen LogP contribution in [0.5, 0.6) is 0 Å². The second kappa shape index (κ2) is 7.86. The molecule has 2 heteroatoms. The van der Waals surface area contributed by atoms with Gasteiger partial charge in [0.2, 0.25) is 0 Å². The van der Waals surface area contributed by atoms with Crippen molar-refractivity contribution in [2.24, 2.45) is 0 Å². The summed E-state index contributed by atoms with van der Waals surface area (Å²) < 4.78 is 0. The first-order chi connectivity index (χ1) is 7.38. The smallest absolute Gasteiger partial charge is 0.137 e. The van der Waals surface area contributed by atoms with Crippen LogP contribution in [0.1, 0.15) is 58.3 Å². The number of carbonyl (C=O) groups is 1. The number of hydrogen-bond acceptors (Lipinski definition) is 2. The molecule has 1 rings (SSSR count). The van der Waals surface area contributed by atoms with E-state index in [1.807, 2.05) is 0 Å². The van der Waals surface area contributed by atoms with E-state index < -0.39 is 0 Å². The van der Waals surface area contributed by atoms with Gasteiger partial charge in [0.1, 0.15) is 6.29 Å². The van der Waals surface area contributed by atoms with Crippen molar-refractivity contribution in [2.75, 3.05) is 13.1 Å². The largest absolute Gasteiger partial charge is 0.302 e. The van der Waals surface area contributed by atoms with E-state index >= 15 is 0 Å². The van der Waals surface area contributed by atoms with Gasteiger partial charge in [0.15, 0.2) is 0 Å². The van der Waals surface area contributed by atoms with Gasteiger partial charge in [-0.25, -0.2) is 0 Å². The summed E-state index contributed by atoms with van der Waals surface area (Å²) in [6.45, 7) is 4.52. The third-order valence-corrected chi connectivity index (χ3v) is 3.37. The topological polar surface area (TPSA) is 20.3 Å². The van der Waals surface area contributed by atoms with E-state index in [-0.39, 0.29) is 6.04 Å². The van der Waals surface area contributed by atoms with Crippen molar-refractivity contribution >= 4 is 6.29 Å². The van der Waals surface area contributed by atoms with Crippen molar-refractivity contribution < 1.29 is 4.79 Å². The normalized spacial score (nSPS) is 22.1. The van der Waals surface area contributed by atoms with Gasteiger partial charge in [0.05, 0.1) is 6.04 Å². The summed E-state index contributed by atoms with van der Waals surface area (Å²) in [6.07, 6.45) is 11.5. The molecule has 1 aliphatic heterocycles. The molecule has 0 aromatic carbocycles. The Morgan fingerprint density at radius 2 is 1.93 bits per heavy atom. The molecule has 0 N–H and O–H groups in total. The molecule has 1 heterocycles. The first kappa shape index (κ1) is 12.7. The number of likely N-dealkylation sites (tertiary alicyclic amines) is 1. The average molecular weight is 211 g/mol. The highest BCUT2D eigenvalue weighted by Crippen LogP contribution is 2.16. The summed E-state index contributed by atoms with van der Waals surface area (Å²) >= 11 is 0. The van der Waals surface area contributed by atoms with Crippen LogP contribution in [-0.2, 0) is 4.79 Å². The van der Waals surface area contributed by atoms with Gasteiger partial charge < -0.3 is 4.79 Å². The first-order valence-electron chi connectivity index (χ1n) is 6.58. The quantitative estimate of drug-likeness (QED) is 0.454. The molecule has 0 aromatic heterocycles. The van der Waals surface area contributed by atoms with Gasteiger partial charge in [-0.15, -0.1) is 0 Å². The summed E-state index contributed by atoms with van der Waals surface area (Å²) in [6, 6.07) is 0.237. The van der Waals surface area contributed by atoms with E-state index in [1.165, 1.54) is 44.9 Å². The molecule has 0 aromatic rings. The maximum atomic E-state index is 10.7. The van der Waals surface area contributed by atoms with Crippen LogP contribution in [0.25, 0.3) is 0 Å². The van der Waals surface area contributed by atoms with Crippen molar-refractivity contribution in [3.63, 3.8) is 0 Å². The first-order valence-corrected chi connectivity index (χ1v) is 6.58. The zero-order valence-electron chi connectivity index (χ0n) is 10.1. The Hall–Kier alpha value is -0.370. The van der Waals surface area contributed by atoms with Crippen LogP contribution in [0.2, 0.25) is 0 Å². The molecular formula is C13H25NO. The van der Waals surface area contributed by atoms with Crippen LogP contribution < -0.4 is 0 Å². The highest BCUT2D eigenvalue weighted by Gasteiger charge is 2.22. The summed E-state index contributed by atoms with van der Waals surface area (Å²) in [4.78, 5) is 13.1. The maximum absolute atomic E-state index is 10.7. The third-order valence-electron chi connectivity index (χ3n) is 3.37. The molecule has 2 nitrogen and oxygen atoms in total. The molecule has 88 valence electrons. The van der Waals surface area contributed by atoms with Gasteiger partial charge in [-0.2, -0.15) is 0 Å². The van der Waals surface area contributed by atoms with Crippen molar-refractivity contribution in [1.29, 1.82) is 0 Å². The standard InChI is InChI=1S/C13H25NO/c1-2-3-4-5-6-7-10-14-11-8-9-13(14)12-15/h12-13H,2-11H2,1H3/t13-/m0/s1. The number of aldehydes is 1. The van der Waals surface area contributed by atoms with E-state index in [4.69, 9.17) is 0 Å². The van der Waals surface area contributed by atoms with Crippen LogP contribution in [0.15, 0.2) is 0 Å².